The Balaban J connectivity index is 2.22. The van der Waals surface area contributed by atoms with E-state index in [0.29, 0.717) is 0 Å². The van der Waals surface area contributed by atoms with Crippen molar-refractivity contribution >= 4 is 11.6 Å². The highest BCUT2D eigenvalue weighted by Crippen LogP contribution is 2.23. The summed E-state index contributed by atoms with van der Waals surface area (Å²) in [6, 6.07) is 9.91. The second-order valence-electron chi connectivity index (χ2n) is 3.87. The number of amides is 1. The Labute approximate surface area is 84.5 Å². The third-order valence-corrected chi connectivity index (χ3v) is 2.77. The summed E-state index contributed by atoms with van der Waals surface area (Å²) in [6.07, 6.45) is 2.14. The summed E-state index contributed by atoms with van der Waals surface area (Å²) >= 11 is 0. The quantitative estimate of drug-likeness (QED) is 0.664. The molecular formula is C12H15NO. The first kappa shape index (κ1) is 9.25. The maximum Gasteiger partial charge on any atom is 0.229 e. The van der Waals surface area contributed by atoms with Crippen LogP contribution in [0.5, 0.6) is 0 Å². The van der Waals surface area contributed by atoms with Gasteiger partial charge in [0.05, 0.1) is 0 Å². The lowest BCUT2D eigenvalue weighted by molar-refractivity contribution is -0.123. The summed E-state index contributed by atoms with van der Waals surface area (Å²) in [5.41, 5.74) is 1.03. The molecule has 1 saturated heterocycles. The van der Waals surface area contributed by atoms with Gasteiger partial charge in [0, 0.05) is 18.2 Å². The summed E-state index contributed by atoms with van der Waals surface area (Å²) in [6.45, 7) is 2.88. The van der Waals surface area contributed by atoms with Gasteiger partial charge in [-0.15, -0.1) is 0 Å². The SMILES string of the molecule is CC1CCCN(c2ccccc2)C1=O. The van der Waals surface area contributed by atoms with Crippen molar-refractivity contribution in [2.45, 2.75) is 19.8 Å². The predicted octanol–water partition coefficient (Wildman–Crippen LogP) is 2.45. The number of hydrogen-bond donors (Lipinski definition) is 0. The number of hydrogen-bond acceptors (Lipinski definition) is 1. The third-order valence-electron chi connectivity index (χ3n) is 2.77. The molecule has 0 spiro atoms. The van der Waals surface area contributed by atoms with Crippen molar-refractivity contribution in [1.29, 1.82) is 0 Å². The van der Waals surface area contributed by atoms with Gasteiger partial charge in [-0.2, -0.15) is 0 Å². The standard InChI is InChI=1S/C12H15NO/c1-10-6-5-9-13(12(10)14)11-7-3-2-4-8-11/h2-4,7-8,10H,5-6,9H2,1H3. The van der Waals surface area contributed by atoms with E-state index in [1.807, 2.05) is 42.2 Å². The van der Waals surface area contributed by atoms with Crippen LogP contribution in [0.15, 0.2) is 30.3 Å². The number of carbonyl (C=O) groups excluding carboxylic acids is 1. The molecule has 1 aromatic rings. The molecule has 1 heterocycles. The Morgan fingerprint density at radius 1 is 1.29 bits per heavy atom. The molecule has 0 aromatic heterocycles. The summed E-state index contributed by atoms with van der Waals surface area (Å²) < 4.78 is 0. The van der Waals surface area contributed by atoms with Crippen LogP contribution in [-0.4, -0.2) is 12.5 Å². The molecule has 0 aliphatic carbocycles. The van der Waals surface area contributed by atoms with Gasteiger partial charge in [-0.05, 0) is 25.0 Å². The number of piperidine rings is 1. The first-order valence-corrected chi connectivity index (χ1v) is 5.15. The maximum absolute atomic E-state index is 11.9. The molecule has 2 heteroatoms. The molecule has 0 N–H and O–H groups in total. The highest BCUT2D eigenvalue weighted by Gasteiger charge is 2.25. The number of benzene rings is 1. The first-order chi connectivity index (χ1) is 6.79. The lowest BCUT2D eigenvalue weighted by atomic mass is 9.99. The van der Waals surface area contributed by atoms with E-state index in [4.69, 9.17) is 0 Å². The lowest BCUT2D eigenvalue weighted by Crippen LogP contribution is -2.40. The van der Waals surface area contributed by atoms with Gasteiger partial charge in [0.15, 0.2) is 0 Å². The lowest BCUT2D eigenvalue weighted by Gasteiger charge is -2.30. The Bertz CT molecular complexity index is 320. The number of rotatable bonds is 1. The fourth-order valence-corrected chi connectivity index (χ4v) is 1.92. The second kappa shape index (κ2) is 3.82. The zero-order chi connectivity index (χ0) is 9.97. The molecule has 2 nitrogen and oxygen atoms in total. The van der Waals surface area contributed by atoms with Gasteiger partial charge >= 0.3 is 0 Å². The largest absolute Gasteiger partial charge is 0.312 e. The average Bonchev–Trinajstić information content (AvgIpc) is 2.23. The van der Waals surface area contributed by atoms with Crippen molar-refractivity contribution in [2.75, 3.05) is 11.4 Å². The first-order valence-electron chi connectivity index (χ1n) is 5.15. The van der Waals surface area contributed by atoms with Crippen molar-refractivity contribution in [1.82, 2.24) is 0 Å². The molecule has 1 aliphatic rings. The monoisotopic (exact) mass is 189 g/mol. The Hall–Kier alpha value is -1.31. The van der Waals surface area contributed by atoms with Crippen molar-refractivity contribution in [3.8, 4) is 0 Å². The summed E-state index contributed by atoms with van der Waals surface area (Å²) in [7, 11) is 0. The average molecular weight is 189 g/mol. The second-order valence-corrected chi connectivity index (χ2v) is 3.87. The van der Waals surface area contributed by atoms with Gasteiger partial charge in [-0.1, -0.05) is 25.1 Å². The molecule has 0 saturated carbocycles. The van der Waals surface area contributed by atoms with Crippen LogP contribution in [0.4, 0.5) is 5.69 Å². The molecule has 1 aliphatic heterocycles. The van der Waals surface area contributed by atoms with Crippen molar-refractivity contribution < 1.29 is 4.79 Å². The van der Waals surface area contributed by atoms with Gasteiger partial charge < -0.3 is 4.90 Å². The van der Waals surface area contributed by atoms with Crippen LogP contribution in [0.3, 0.4) is 0 Å². The van der Waals surface area contributed by atoms with Crippen LogP contribution in [0, 0.1) is 5.92 Å². The minimum atomic E-state index is 0.184. The molecule has 1 aromatic carbocycles. The van der Waals surface area contributed by atoms with Gasteiger partial charge in [0.1, 0.15) is 0 Å². The number of nitrogens with zero attached hydrogens (tertiary/aromatic N) is 1. The zero-order valence-electron chi connectivity index (χ0n) is 8.44. The molecule has 74 valence electrons. The van der Waals surface area contributed by atoms with E-state index in [9.17, 15) is 4.79 Å². The molecule has 2 rings (SSSR count). The van der Waals surface area contributed by atoms with Crippen LogP contribution < -0.4 is 4.90 Å². The van der Waals surface area contributed by atoms with Crippen LogP contribution >= 0.6 is 0 Å². The topological polar surface area (TPSA) is 20.3 Å². The molecule has 1 unspecified atom stereocenters. The van der Waals surface area contributed by atoms with Crippen LogP contribution in [0.2, 0.25) is 0 Å². The molecule has 1 amide bonds. The zero-order valence-corrected chi connectivity index (χ0v) is 8.44. The van der Waals surface area contributed by atoms with Gasteiger partial charge in [-0.3, -0.25) is 4.79 Å². The number of carbonyl (C=O) groups is 1. The summed E-state index contributed by atoms with van der Waals surface area (Å²) in [5, 5.41) is 0. The molecule has 1 atom stereocenters. The van der Waals surface area contributed by atoms with E-state index in [1.54, 1.807) is 0 Å². The normalized spacial score (nSPS) is 22.5. The van der Waals surface area contributed by atoms with Gasteiger partial charge in [0.2, 0.25) is 5.91 Å². The van der Waals surface area contributed by atoms with E-state index < -0.39 is 0 Å². The highest BCUT2D eigenvalue weighted by atomic mass is 16.2. The smallest absolute Gasteiger partial charge is 0.229 e. The Kier molecular flexibility index (Phi) is 2.53. The summed E-state index contributed by atoms with van der Waals surface area (Å²) in [5.74, 6) is 0.450. The van der Waals surface area contributed by atoms with Gasteiger partial charge in [0.25, 0.3) is 0 Å². The Morgan fingerprint density at radius 2 is 2.00 bits per heavy atom. The van der Waals surface area contributed by atoms with Crippen molar-refractivity contribution in [3.63, 3.8) is 0 Å². The molecule has 0 radical (unpaired) electrons. The van der Waals surface area contributed by atoms with E-state index in [1.165, 1.54) is 0 Å². The van der Waals surface area contributed by atoms with Gasteiger partial charge in [-0.25, -0.2) is 0 Å². The highest BCUT2D eigenvalue weighted by molar-refractivity contribution is 5.95. The number of para-hydroxylation sites is 1. The van der Waals surface area contributed by atoms with Crippen LogP contribution in [0.1, 0.15) is 19.8 Å². The summed E-state index contributed by atoms with van der Waals surface area (Å²) in [4.78, 5) is 13.7. The van der Waals surface area contributed by atoms with E-state index in [0.717, 1.165) is 25.1 Å². The van der Waals surface area contributed by atoms with Crippen molar-refractivity contribution in [3.05, 3.63) is 30.3 Å². The number of anilines is 1. The molecule has 14 heavy (non-hydrogen) atoms. The van der Waals surface area contributed by atoms with E-state index in [2.05, 4.69) is 0 Å². The molecular weight excluding hydrogens is 174 g/mol. The minimum absolute atomic E-state index is 0.184. The fourth-order valence-electron chi connectivity index (χ4n) is 1.92. The maximum atomic E-state index is 11.9. The van der Waals surface area contributed by atoms with E-state index >= 15 is 0 Å². The molecule has 0 bridgehead atoms. The fraction of sp³-hybridized carbons (Fsp3) is 0.417. The molecule has 1 fully saturated rings. The van der Waals surface area contributed by atoms with Crippen LogP contribution in [-0.2, 0) is 4.79 Å². The predicted molar refractivity (Wildman–Crippen MR) is 57.2 cm³/mol. The van der Waals surface area contributed by atoms with Crippen molar-refractivity contribution in [2.24, 2.45) is 5.92 Å². The third kappa shape index (κ3) is 1.65. The Morgan fingerprint density at radius 3 is 2.71 bits per heavy atom. The minimum Gasteiger partial charge on any atom is -0.312 e. The van der Waals surface area contributed by atoms with E-state index in [-0.39, 0.29) is 11.8 Å². The van der Waals surface area contributed by atoms with Crippen LogP contribution in [0.25, 0.3) is 0 Å².